The van der Waals surface area contributed by atoms with Crippen molar-refractivity contribution in [3.05, 3.63) is 68.5 Å². The molecule has 2 aromatic carbocycles. The largest absolute Gasteiger partial charge is 0.488 e. The number of benzene rings is 2. The van der Waals surface area contributed by atoms with Gasteiger partial charge in [-0.05, 0) is 36.8 Å². The van der Waals surface area contributed by atoms with Gasteiger partial charge in [-0.25, -0.2) is 0 Å². The number of hydrogen-bond acceptors (Lipinski definition) is 4. The van der Waals surface area contributed by atoms with Crippen LogP contribution in [0.25, 0.3) is 6.08 Å². The molecule has 3 rings (SSSR count). The van der Waals surface area contributed by atoms with Crippen LogP contribution in [0.15, 0.2) is 51.8 Å². The van der Waals surface area contributed by atoms with Crippen LogP contribution in [0.5, 0.6) is 5.75 Å². The van der Waals surface area contributed by atoms with E-state index in [0.717, 1.165) is 21.3 Å². The van der Waals surface area contributed by atoms with Crippen LogP contribution in [-0.4, -0.2) is 10.2 Å². The molecule has 2 aromatic rings. The van der Waals surface area contributed by atoms with Crippen molar-refractivity contribution in [2.45, 2.75) is 13.5 Å². The van der Waals surface area contributed by atoms with Gasteiger partial charge < -0.3 is 10.1 Å². The number of aryl methyl sites for hydroxylation is 1. The molecule has 0 aromatic heterocycles. The lowest BCUT2D eigenvalue weighted by atomic mass is 10.1. The first-order valence-corrected chi connectivity index (χ1v) is 9.26. The Labute approximate surface area is 158 Å². The first kappa shape index (κ1) is 17.2. The molecule has 1 aliphatic heterocycles. The van der Waals surface area contributed by atoms with Gasteiger partial charge in [-0.2, -0.15) is 0 Å². The van der Waals surface area contributed by atoms with Gasteiger partial charge >= 0.3 is 0 Å². The van der Waals surface area contributed by atoms with E-state index in [0.29, 0.717) is 15.8 Å². The molecule has 0 spiro atoms. The molecule has 0 saturated carbocycles. The summed E-state index contributed by atoms with van der Waals surface area (Å²) >= 11 is 9.75. The number of halogens is 1. The fraction of sp³-hybridized carbons (Fsp3) is 0.111. The Hall–Kier alpha value is -1.63. The van der Waals surface area contributed by atoms with E-state index in [9.17, 15) is 4.79 Å². The standard InChI is InChI=1S/C18H14BrNO2S2/c1-11-3-2-4-12(7-11)10-22-15-6-5-14(19)8-13(15)9-16-17(21)20-18(23)24-16/h2-9H,10H2,1H3,(H,20,21,23)/b16-9-. The number of amides is 1. The minimum absolute atomic E-state index is 0.172. The summed E-state index contributed by atoms with van der Waals surface area (Å²) < 4.78 is 7.36. The van der Waals surface area contributed by atoms with Crippen molar-refractivity contribution in [2.75, 3.05) is 0 Å². The van der Waals surface area contributed by atoms with E-state index in [4.69, 9.17) is 17.0 Å². The molecule has 0 bridgehead atoms. The highest BCUT2D eigenvalue weighted by molar-refractivity contribution is 9.10. The number of ether oxygens (including phenoxy) is 1. The third-order valence-corrected chi connectivity index (χ3v) is 5.03. The number of thiocarbonyl (C=S) groups is 1. The highest BCUT2D eigenvalue weighted by Crippen LogP contribution is 2.31. The van der Waals surface area contributed by atoms with Crippen LogP contribution in [0.4, 0.5) is 0 Å². The van der Waals surface area contributed by atoms with E-state index in [1.807, 2.05) is 30.3 Å². The van der Waals surface area contributed by atoms with Gasteiger partial charge in [0.05, 0.1) is 4.91 Å². The molecule has 0 aliphatic carbocycles. The van der Waals surface area contributed by atoms with Crippen LogP contribution < -0.4 is 10.1 Å². The molecule has 0 radical (unpaired) electrons. The van der Waals surface area contributed by atoms with Crippen molar-refractivity contribution in [1.82, 2.24) is 5.32 Å². The molecule has 1 aliphatic rings. The summed E-state index contributed by atoms with van der Waals surface area (Å²) in [5, 5.41) is 2.62. The molecule has 122 valence electrons. The quantitative estimate of drug-likeness (QED) is 0.568. The van der Waals surface area contributed by atoms with Gasteiger partial charge in [0.15, 0.2) is 0 Å². The number of nitrogens with one attached hydrogen (secondary N) is 1. The van der Waals surface area contributed by atoms with Gasteiger partial charge in [0.1, 0.15) is 16.7 Å². The fourth-order valence-electron chi connectivity index (χ4n) is 2.29. The molecular weight excluding hydrogens is 406 g/mol. The van der Waals surface area contributed by atoms with Crippen LogP contribution in [-0.2, 0) is 11.4 Å². The lowest BCUT2D eigenvalue weighted by Gasteiger charge is -2.11. The second-order valence-corrected chi connectivity index (χ2v) is 7.95. The maximum atomic E-state index is 11.9. The zero-order valence-corrected chi connectivity index (χ0v) is 16.1. The number of rotatable bonds is 4. The average Bonchev–Trinajstić information content (AvgIpc) is 2.84. The Balaban J connectivity index is 1.84. The molecule has 1 amide bonds. The average molecular weight is 420 g/mol. The summed E-state index contributed by atoms with van der Waals surface area (Å²) in [6, 6.07) is 13.9. The Bertz CT molecular complexity index is 849. The lowest BCUT2D eigenvalue weighted by Crippen LogP contribution is -2.17. The number of thioether (sulfide) groups is 1. The summed E-state index contributed by atoms with van der Waals surface area (Å²) in [5.41, 5.74) is 3.13. The molecular formula is C18H14BrNO2S2. The third-order valence-electron chi connectivity index (χ3n) is 3.38. The van der Waals surface area contributed by atoms with Gasteiger partial charge in [0.2, 0.25) is 0 Å². The Morgan fingerprint density at radius 1 is 1.29 bits per heavy atom. The van der Waals surface area contributed by atoms with Crippen molar-refractivity contribution in [1.29, 1.82) is 0 Å². The van der Waals surface area contributed by atoms with Crippen molar-refractivity contribution < 1.29 is 9.53 Å². The Kier molecular flexibility index (Phi) is 5.38. The summed E-state index contributed by atoms with van der Waals surface area (Å²) in [7, 11) is 0. The predicted molar refractivity (Wildman–Crippen MR) is 106 cm³/mol. The molecule has 24 heavy (non-hydrogen) atoms. The van der Waals surface area contributed by atoms with Crippen LogP contribution >= 0.6 is 39.9 Å². The number of hydrogen-bond donors (Lipinski definition) is 1. The van der Waals surface area contributed by atoms with Crippen molar-refractivity contribution in [2.24, 2.45) is 0 Å². The highest BCUT2D eigenvalue weighted by Gasteiger charge is 2.22. The van der Waals surface area contributed by atoms with Gasteiger partial charge in [-0.3, -0.25) is 4.79 Å². The molecule has 6 heteroatoms. The maximum absolute atomic E-state index is 11.9. The third kappa shape index (κ3) is 4.26. The molecule has 1 saturated heterocycles. The lowest BCUT2D eigenvalue weighted by molar-refractivity contribution is -0.115. The molecule has 3 nitrogen and oxygen atoms in total. The molecule has 0 atom stereocenters. The van der Waals surface area contributed by atoms with Crippen LogP contribution in [0.2, 0.25) is 0 Å². The van der Waals surface area contributed by atoms with Crippen molar-refractivity contribution >= 4 is 56.2 Å². The van der Waals surface area contributed by atoms with Crippen LogP contribution in [0.3, 0.4) is 0 Å². The fourth-order valence-corrected chi connectivity index (χ4v) is 3.70. The zero-order chi connectivity index (χ0) is 17.1. The van der Waals surface area contributed by atoms with Crippen molar-refractivity contribution in [3.8, 4) is 5.75 Å². The van der Waals surface area contributed by atoms with Gasteiger partial charge in [0.25, 0.3) is 5.91 Å². The summed E-state index contributed by atoms with van der Waals surface area (Å²) in [6.45, 7) is 2.52. The van der Waals surface area contributed by atoms with E-state index < -0.39 is 0 Å². The maximum Gasteiger partial charge on any atom is 0.263 e. The molecule has 1 N–H and O–H groups in total. The van der Waals surface area contributed by atoms with Gasteiger partial charge in [0, 0.05) is 10.0 Å². The van der Waals surface area contributed by atoms with Gasteiger partial charge in [-0.15, -0.1) is 0 Å². The molecule has 0 unspecified atom stereocenters. The van der Waals surface area contributed by atoms with Crippen molar-refractivity contribution in [3.63, 3.8) is 0 Å². The van der Waals surface area contributed by atoms with E-state index in [1.54, 1.807) is 6.08 Å². The smallest absolute Gasteiger partial charge is 0.263 e. The van der Waals surface area contributed by atoms with Crippen LogP contribution in [0.1, 0.15) is 16.7 Å². The van der Waals surface area contributed by atoms with E-state index in [-0.39, 0.29) is 5.91 Å². The second-order valence-electron chi connectivity index (χ2n) is 5.31. The molecule has 1 heterocycles. The monoisotopic (exact) mass is 419 g/mol. The second kappa shape index (κ2) is 7.51. The number of carbonyl (C=O) groups is 1. The van der Waals surface area contributed by atoms with E-state index >= 15 is 0 Å². The van der Waals surface area contributed by atoms with Gasteiger partial charge in [-0.1, -0.05) is 69.7 Å². The van der Waals surface area contributed by atoms with E-state index in [2.05, 4.69) is 40.3 Å². The minimum Gasteiger partial charge on any atom is -0.488 e. The Morgan fingerprint density at radius 2 is 2.12 bits per heavy atom. The van der Waals surface area contributed by atoms with Crippen LogP contribution in [0, 0.1) is 6.92 Å². The predicted octanol–water partition coefficient (Wildman–Crippen LogP) is 4.83. The Morgan fingerprint density at radius 3 is 2.83 bits per heavy atom. The highest BCUT2D eigenvalue weighted by atomic mass is 79.9. The topological polar surface area (TPSA) is 38.3 Å². The number of carbonyl (C=O) groups excluding carboxylic acids is 1. The molecule has 1 fully saturated rings. The summed E-state index contributed by atoms with van der Waals surface area (Å²) in [4.78, 5) is 12.4. The first-order chi connectivity index (χ1) is 11.5. The normalized spacial score (nSPS) is 15.7. The minimum atomic E-state index is -0.172. The summed E-state index contributed by atoms with van der Waals surface area (Å²) in [6.07, 6.45) is 1.80. The van der Waals surface area contributed by atoms with E-state index in [1.165, 1.54) is 17.3 Å². The SMILES string of the molecule is Cc1cccc(COc2ccc(Br)cc2/C=C2\SC(=S)NC2=O)c1. The zero-order valence-electron chi connectivity index (χ0n) is 12.8. The first-order valence-electron chi connectivity index (χ1n) is 7.24. The summed E-state index contributed by atoms with van der Waals surface area (Å²) in [5.74, 6) is 0.549.